The van der Waals surface area contributed by atoms with Crippen LogP contribution in [0.2, 0.25) is 0 Å². The summed E-state index contributed by atoms with van der Waals surface area (Å²) in [4.78, 5) is 42.5. The van der Waals surface area contributed by atoms with Gasteiger partial charge in [0.25, 0.3) is 0 Å². The monoisotopic (exact) mass is 630 g/mol. The maximum atomic E-state index is 14.2. The molecule has 0 radical (unpaired) electrons. The van der Waals surface area contributed by atoms with E-state index in [1.165, 1.54) is 6.07 Å². The lowest BCUT2D eigenvalue weighted by Gasteiger charge is -2.30. The molecule has 3 aromatic rings. The maximum Gasteiger partial charge on any atom is 0.243 e. The summed E-state index contributed by atoms with van der Waals surface area (Å²) in [5.74, 6) is -0.826. The van der Waals surface area contributed by atoms with Crippen molar-refractivity contribution in [3.8, 4) is 5.75 Å². The molecule has 1 unspecified atom stereocenters. The zero-order valence-electron chi connectivity index (χ0n) is 26.0. The third kappa shape index (κ3) is 9.14. The van der Waals surface area contributed by atoms with Crippen LogP contribution in [0.15, 0.2) is 78.9 Å². The Morgan fingerprint density at radius 1 is 0.957 bits per heavy atom. The van der Waals surface area contributed by atoms with E-state index in [-0.39, 0.29) is 37.2 Å². The Morgan fingerprint density at radius 2 is 1.76 bits per heavy atom. The Hall–Kier alpha value is -4.28. The van der Waals surface area contributed by atoms with Crippen LogP contribution in [0.5, 0.6) is 5.75 Å². The quantitative estimate of drug-likeness (QED) is 0.291. The molecule has 3 amide bonds. The maximum absolute atomic E-state index is 14.2. The fourth-order valence-corrected chi connectivity index (χ4v) is 6.15. The third-order valence-electron chi connectivity index (χ3n) is 8.67. The van der Waals surface area contributed by atoms with Gasteiger partial charge in [0.05, 0.1) is 25.1 Å². The van der Waals surface area contributed by atoms with E-state index in [0.29, 0.717) is 50.1 Å². The second kappa shape index (κ2) is 16.3. The summed E-state index contributed by atoms with van der Waals surface area (Å²) in [7, 11) is 0. The number of carbonyl (C=O) groups is 3. The highest BCUT2D eigenvalue weighted by atomic mass is 19.1. The highest BCUT2D eigenvalue weighted by Crippen LogP contribution is 2.32. The lowest BCUT2D eigenvalue weighted by Crippen LogP contribution is -2.56. The average Bonchev–Trinajstić information content (AvgIpc) is 3.56. The molecule has 46 heavy (non-hydrogen) atoms. The topological polar surface area (TPSA) is 120 Å². The number of likely N-dealkylation sites (tertiary alicyclic amines) is 1. The molecule has 0 aromatic heterocycles. The number of benzene rings is 3. The first kappa shape index (κ1) is 33.1. The highest BCUT2D eigenvalue weighted by molar-refractivity contribution is 5.92. The van der Waals surface area contributed by atoms with Crippen LogP contribution in [0.3, 0.4) is 0 Å². The SMILES string of the molecule is O=C1CCc2cccc(c2)OCCCC[C@@H](C(O)NCc2ccccc2F)NC(=O)[C@H](CC(=O)N2CCC[C@@H]2c2ccccc2)N1. The number of nitrogens with one attached hydrogen (secondary N) is 3. The van der Waals surface area contributed by atoms with E-state index in [1.54, 1.807) is 23.1 Å². The molecule has 4 N–H and O–H groups in total. The highest BCUT2D eigenvalue weighted by Gasteiger charge is 2.34. The number of fused-ring (bicyclic) bond motifs is 2. The number of hydrogen-bond acceptors (Lipinski definition) is 6. The largest absolute Gasteiger partial charge is 0.494 e. The van der Waals surface area contributed by atoms with Gasteiger partial charge in [0, 0.05) is 25.1 Å². The molecule has 9 nitrogen and oxygen atoms in total. The van der Waals surface area contributed by atoms with Crippen LogP contribution < -0.4 is 20.7 Å². The molecule has 2 heterocycles. The zero-order chi connectivity index (χ0) is 32.3. The van der Waals surface area contributed by atoms with Gasteiger partial charge in [-0.05, 0) is 67.9 Å². The Bertz CT molecular complexity index is 1470. The van der Waals surface area contributed by atoms with E-state index < -0.39 is 30.0 Å². The zero-order valence-corrected chi connectivity index (χ0v) is 26.0. The van der Waals surface area contributed by atoms with Gasteiger partial charge in [-0.15, -0.1) is 0 Å². The van der Waals surface area contributed by atoms with Gasteiger partial charge < -0.3 is 25.4 Å². The molecule has 3 aromatic carbocycles. The van der Waals surface area contributed by atoms with Crippen molar-refractivity contribution in [2.75, 3.05) is 13.2 Å². The molecule has 2 bridgehead atoms. The Kier molecular flexibility index (Phi) is 11.7. The number of carbonyl (C=O) groups excluding carboxylic acids is 3. The molecule has 244 valence electrons. The van der Waals surface area contributed by atoms with Gasteiger partial charge in [-0.2, -0.15) is 0 Å². The number of aliphatic hydroxyl groups is 1. The summed E-state index contributed by atoms with van der Waals surface area (Å²) in [6.45, 7) is 1.06. The van der Waals surface area contributed by atoms with Crippen LogP contribution >= 0.6 is 0 Å². The number of aryl methyl sites for hydroxylation is 1. The fraction of sp³-hybridized carbons (Fsp3) is 0.417. The molecule has 0 aliphatic carbocycles. The lowest BCUT2D eigenvalue weighted by molar-refractivity contribution is -0.137. The molecule has 2 aliphatic rings. The van der Waals surface area contributed by atoms with Crippen molar-refractivity contribution >= 4 is 17.7 Å². The van der Waals surface area contributed by atoms with E-state index in [9.17, 15) is 23.9 Å². The first-order valence-electron chi connectivity index (χ1n) is 16.2. The summed E-state index contributed by atoms with van der Waals surface area (Å²) in [6, 6.07) is 21.7. The van der Waals surface area contributed by atoms with Crippen molar-refractivity contribution in [3.05, 3.63) is 101 Å². The fourth-order valence-electron chi connectivity index (χ4n) is 6.15. The minimum absolute atomic E-state index is 0.0497. The number of aliphatic hydroxyl groups excluding tert-OH is 1. The predicted molar refractivity (Wildman–Crippen MR) is 172 cm³/mol. The molecule has 2 aliphatic heterocycles. The standard InChI is InChI=1S/C36H43FN4O5/c37-29-15-5-4-13-27(29)24-38-35(44)30-16-6-7-21-46-28-14-8-10-25(22-28)18-19-33(42)39-31(36(45)40-30)23-34(43)41-20-9-17-32(41)26-11-2-1-3-12-26/h1-5,8,10-15,22,30-32,35,38,44H,6-7,9,16-21,23-24H2,(H,39,42)(H,40,45)/t30-,31-,32+,35?/m0/s1. The Balaban J connectivity index is 1.34. The van der Waals surface area contributed by atoms with Crippen LogP contribution in [0.25, 0.3) is 0 Å². The summed E-state index contributed by atoms with van der Waals surface area (Å²) in [5.41, 5.74) is 2.35. The van der Waals surface area contributed by atoms with E-state index in [4.69, 9.17) is 4.74 Å². The molecule has 5 rings (SSSR count). The minimum Gasteiger partial charge on any atom is -0.494 e. The van der Waals surface area contributed by atoms with Crippen LogP contribution in [0, 0.1) is 5.82 Å². The molecular formula is C36H43FN4O5. The van der Waals surface area contributed by atoms with Crippen molar-refractivity contribution < 1.29 is 28.6 Å². The van der Waals surface area contributed by atoms with Crippen LogP contribution in [-0.2, 0) is 27.3 Å². The Labute approximate surface area is 269 Å². The predicted octanol–water partition coefficient (Wildman–Crippen LogP) is 4.15. The van der Waals surface area contributed by atoms with Crippen molar-refractivity contribution in [2.24, 2.45) is 0 Å². The molecule has 0 saturated carbocycles. The molecule has 0 spiro atoms. The number of nitrogens with zero attached hydrogens (tertiary/aromatic N) is 1. The number of amides is 3. The van der Waals surface area contributed by atoms with E-state index >= 15 is 0 Å². The van der Waals surface area contributed by atoms with Crippen LogP contribution in [-0.4, -0.2) is 59.2 Å². The third-order valence-corrected chi connectivity index (χ3v) is 8.67. The molecular weight excluding hydrogens is 587 g/mol. The molecule has 4 atom stereocenters. The van der Waals surface area contributed by atoms with Gasteiger partial charge in [0.1, 0.15) is 23.8 Å². The minimum atomic E-state index is -1.21. The lowest BCUT2D eigenvalue weighted by atomic mass is 10.0. The molecule has 1 saturated heterocycles. The first-order chi connectivity index (χ1) is 22.4. The second-order valence-electron chi connectivity index (χ2n) is 12.0. The van der Waals surface area contributed by atoms with Crippen molar-refractivity contribution in [1.82, 2.24) is 20.9 Å². The van der Waals surface area contributed by atoms with Gasteiger partial charge in [0.15, 0.2) is 0 Å². The normalized spacial score (nSPS) is 22.0. The van der Waals surface area contributed by atoms with Gasteiger partial charge in [0.2, 0.25) is 17.7 Å². The van der Waals surface area contributed by atoms with Gasteiger partial charge >= 0.3 is 0 Å². The van der Waals surface area contributed by atoms with Crippen LogP contribution in [0.4, 0.5) is 4.39 Å². The molecule has 1 fully saturated rings. The number of rotatable bonds is 7. The summed E-state index contributed by atoms with van der Waals surface area (Å²) in [5, 5.41) is 19.8. The summed E-state index contributed by atoms with van der Waals surface area (Å²) < 4.78 is 20.2. The van der Waals surface area contributed by atoms with E-state index in [2.05, 4.69) is 16.0 Å². The number of halogens is 1. The van der Waals surface area contributed by atoms with Crippen molar-refractivity contribution in [3.63, 3.8) is 0 Å². The number of hydrogen-bond donors (Lipinski definition) is 4. The van der Waals surface area contributed by atoms with Crippen molar-refractivity contribution in [2.45, 2.75) is 82.3 Å². The van der Waals surface area contributed by atoms with E-state index in [0.717, 1.165) is 24.0 Å². The molecule has 10 heteroatoms. The van der Waals surface area contributed by atoms with Crippen LogP contribution in [0.1, 0.15) is 67.7 Å². The summed E-state index contributed by atoms with van der Waals surface area (Å²) in [6.07, 6.45) is 2.48. The first-order valence-corrected chi connectivity index (χ1v) is 16.2. The summed E-state index contributed by atoms with van der Waals surface area (Å²) >= 11 is 0. The van der Waals surface area contributed by atoms with Gasteiger partial charge in [-0.3, -0.25) is 19.7 Å². The number of ether oxygens (including phenoxy) is 1. The second-order valence-corrected chi connectivity index (χ2v) is 12.0. The van der Waals surface area contributed by atoms with Gasteiger partial charge in [-0.1, -0.05) is 60.7 Å². The smallest absolute Gasteiger partial charge is 0.243 e. The van der Waals surface area contributed by atoms with Crippen molar-refractivity contribution in [1.29, 1.82) is 0 Å². The average molecular weight is 631 g/mol. The Morgan fingerprint density at radius 3 is 2.59 bits per heavy atom. The van der Waals surface area contributed by atoms with Gasteiger partial charge in [-0.25, -0.2) is 4.39 Å². The van der Waals surface area contributed by atoms with E-state index in [1.807, 2.05) is 54.6 Å².